The highest BCUT2D eigenvalue weighted by molar-refractivity contribution is 5.90. The zero-order valence-corrected chi connectivity index (χ0v) is 9.06. The topological polar surface area (TPSA) is 75.6 Å². The predicted octanol–water partition coefficient (Wildman–Crippen LogP) is 1.73. The standard InChI is InChI=1S/C11H13NO4/c1-7(16-11(15)12-8(2)13)9-3-5-10(14)6-4-9/h3-7,14H,1-2H3,(H,12,13,15). The molecule has 0 saturated heterocycles. The molecular weight excluding hydrogens is 210 g/mol. The lowest BCUT2D eigenvalue weighted by Crippen LogP contribution is -2.29. The molecule has 0 aromatic heterocycles. The van der Waals surface area contributed by atoms with Gasteiger partial charge in [-0.3, -0.25) is 10.1 Å². The van der Waals surface area contributed by atoms with E-state index in [4.69, 9.17) is 9.84 Å². The number of phenolic OH excluding ortho intramolecular Hbond substituents is 1. The first-order valence-electron chi connectivity index (χ1n) is 4.76. The number of carbonyl (C=O) groups is 2. The third-order valence-corrected chi connectivity index (χ3v) is 1.92. The van der Waals surface area contributed by atoms with Gasteiger partial charge in [0.15, 0.2) is 0 Å². The summed E-state index contributed by atoms with van der Waals surface area (Å²) >= 11 is 0. The summed E-state index contributed by atoms with van der Waals surface area (Å²) in [5, 5.41) is 11.1. The van der Waals surface area contributed by atoms with E-state index in [-0.39, 0.29) is 5.75 Å². The van der Waals surface area contributed by atoms with Crippen LogP contribution in [-0.4, -0.2) is 17.1 Å². The maximum absolute atomic E-state index is 11.1. The van der Waals surface area contributed by atoms with E-state index in [0.29, 0.717) is 0 Å². The number of aromatic hydroxyl groups is 1. The largest absolute Gasteiger partial charge is 0.508 e. The van der Waals surface area contributed by atoms with Gasteiger partial charge in [-0.05, 0) is 24.6 Å². The van der Waals surface area contributed by atoms with Crippen molar-refractivity contribution in [2.45, 2.75) is 20.0 Å². The fourth-order valence-corrected chi connectivity index (χ4v) is 1.15. The summed E-state index contributed by atoms with van der Waals surface area (Å²) in [6.07, 6.45) is -1.27. The number of benzene rings is 1. The number of rotatable bonds is 2. The zero-order valence-electron chi connectivity index (χ0n) is 9.06. The number of nitrogens with one attached hydrogen (secondary N) is 1. The van der Waals surface area contributed by atoms with Crippen LogP contribution in [0.25, 0.3) is 0 Å². The Hall–Kier alpha value is -2.04. The minimum absolute atomic E-state index is 0.143. The molecule has 1 rings (SSSR count). The Morgan fingerprint density at radius 3 is 2.38 bits per heavy atom. The first-order valence-corrected chi connectivity index (χ1v) is 4.76. The summed E-state index contributed by atoms with van der Waals surface area (Å²) in [4.78, 5) is 21.7. The molecular formula is C11H13NO4. The minimum atomic E-state index is -0.784. The second-order valence-corrected chi connectivity index (χ2v) is 3.32. The number of alkyl carbamates (subject to hydrolysis) is 1. The van der Waals surface area contributed by atoms with Crippen LogP contribution in [-0.2, 0) is 9.53 Å². The fourth-order valence-electron chi connectivity index (χ4n) is 1.15. The third-order valence-electron chi connectivity index (χ3n) is 1.92. The Balaban J connectivity index is 2.58. The molecule has 1 atom stereocenters. The van der Waals surface area contributed by atoms with Gasteiger partial charge in [0.1, 0.15) is 11.9 Å². The fraction of sp³-hybridized carbons (Fsp3) is 0.273. The second kappa shape index (κ2) is 5.16. The first-order chi connectivity index (χ1) is 7.49. The molecule has 0 saturated carbocycles. The van der Waals surface area contributed by atoms with E-state index in [1.807, 2.05) is 5.32 Å². The lowest BCUT2D eigenvalue weighted by molar-refractivity contribution is -0.118. The van der Waals surface area contributed by atoms with Gasteiger partial charge in [0, 0.05) is 6.92 Å². The van der Waals surface area contributed by atoms with Gasteiger partial charge in [-0.1, -0.05) is 12.1 Å². The lowest BCUT2D eigenvalue weighted by Gasteiger charge is -2.13. The minimum Gasteiger partial charge on any atom is -0.508 e. The number of carbonyl (C=O) groups excluding carboxylic acids is 2. The van der Waals surface area contributed by atoms with E-state index in [2.05, 4.69) is 0 Å². The Kier molecular flexibility index (Phi) is 3.88. The van der Waals surface area contributed by atoms with Crippen LogP contribution in [0.1, 0.15) is 25.5 Å². The van der Waals surface area contributed by atoms with Crippen LogP contribution in [0.3, 0.4) is 0 Å². The highest BCUT2D eigenvalue weighted by atomic mass is 16.6. The highest BCUT2D eigenvalue weighted by Crippen LogP contribution is 2.19. The molecule has 0 radical (unpaired) electrons. The summed E-state index contributed by atoms with van der Waals surface area (Å²) in [5.74, 6) is -0.327. The monoisotopic (exact) mass is 223 g/mol. The third kappa shape index (κ3) is 3.61. The van der Waals surface area contributed by atoms with Gasteiger partial charge in [-0.25, -0.2) is 4.79 Å². The van der Waals surface area contributed by atoms with Crippen LogP contribution in [0.5, 0.6) is 5.75 Å². The maximum Gasteiger partial charge on any atom is 0.414 e. The van der Waals surface area contributed by atoms with Crippen LogP contribution in [0.15, 0.2) is 24.3 Å². The van der Waals surface area contributed by atoms with Crippen molar-refractivity contribution in [3.8, 4) is 5.75 Å². The predicted molar refractivity (Wildman–Crippen MR) is 56.8 cm³/mol. The van der Waals surface area contributed by atoms with Gasteiger partial charge >= 0.3 is 6.09 Å². The van der Waals surface area contributed by atoms with Crippen molar-refractivity contribution in [3.05, 3.63) is 29.8 Å². The normalized spacial score (nSPS) is 11.6. The maximum atomic E-state index is 11.1. The average molecular weight is 223 g/mol. The van der Waals surface area contributed by atoms with Gasteiger partial charge in [-0.15, -0.1) is 0 Å². The molecule has 0 aliphatic carbocycles. The number of phenols is 1. The molecule has 1 unspecified atom stereocenters. The summed E-state index contributed by atoms with van der Waals surface area (Å²) in [6, 6.07) is 6.28. The van der Waals surface area contributed by atoms with Gasteiger partial charge < -0.3 is 9.84 Å². The Morgan fingerprint density at radius 1 is 1.31 bits per heavy atom. The quantitative estimate of drug-likeness (QED) is 0.800. The molecule has 5 heteroatoms. The molecule has 0 heterocycles. The Labute approximate surface area is 93.0 Å². The number of hydrogen-bond donors (Lipinski definition) is 2. The van der Waals surface area contributed by atoms with Crippen molar-refractivity contribution >= 4 is 12.0 Å². The highest BCUT2D eigenvalue weighted by Gasteiger charge is 2.12. The van der Waals surface area contributed by atoms with Crippen molar-refractivity contribution in [1.29, 1.82) is 0 Å². The molecule has 1 aromatic rings. The number of hydrogen-bond acceptors (Lipinski definition) is 4. The van der Waals surface area contributed by atoms with Crippen molar-refractivity contribution < 1.29 is 19.4 Å². The van der Waals surface area contributed by atoms with E-state index in [9.17, 15) is 9.59 Å². The molecule has 2 N–H and O–H groups in total. The second-order valence-electron chi connectivity index (χ2n) is 3.32. The summed E-state index contributed by atoms with van der Waals surface area (Å²) in [7, 11) is 0. The van der Waals surface area contributed by atoms with E-state index < -0.39 is 18.1 Å². The molecule has 0 bridgehead atoms. The molecule has 5 nitrogen and oxygen atoms in total. The van der Waals surface area contributed by atoms with Crippen molar-refractivity contribution in [1.82, 2.24) is 5.32 Å². The van der Waals surface area contributed by atoms with Crippen molar-refractivity contribution in [3.63, 3.8) is 0 Å². The van der Waals surface area contributed by atoms with E-state index >= 15 is 0 Å². The van der Waals surface area contributed by atoms with Crippen LogP contribution < -0.4 is 5.32 Å². The van der Waals surface area contributed by atoms with E-state index in [1.54, 1.807) is 19.1 Å². The van der Waals surface area contributed by atoms with Gasteiger partial charge in [0.2, 0.25) is 5.91 Å². The van der Waals surface area contributed by atoms with Crippen LogP contribution in [0.4, 0.5) is 4.79 Å². The van der Waals surface area contributed by atoms with Crippen LogP contribution in [0.2, 0.25) is 0 Å². The lowest BCUT2D eigenvalue weighted by atomic mass is 10.1. The van der Waals surface area contributed by atoms with Crippen LogP contribution >= 0.6 is 0 Å². The Morgan fingerprint density at radius 2 is 1.88 bits per heavy atom. The van der Waals surface area contributed by atoms with E-state index in [0.717, 1.165) is 5.56 Å². The smallest absolute Gasteiger partial charge is 0.414 e. The zero-order chi connectivity index (χ0) is 12.1. The SMILES string of the molecule is CC(=O)NC(=O)OC(C)c1ccc(O)cc1. The van der Waals surface area contributed by atoms with Crippen molar-refractivity contribution in [2.24, 2.45) is 0 Å². The molecule has 0 aliphatic rings. The molecule has 0 spiro atoms. The van der Waals surface area contributed by atoms with Gasteiger partial charge in [-0.2, -0.15) is 0 Å². The average Bonchev–Trinajstić information content (AvgIpc) is 2.16. The number of amides is 2. The number of ether oxygens (including phenoxy) is 1. The summed E-state index contributed by atoms with van der Waals surface area (Å²) in [6.45, 7) is 2.90. The van der Waals surface area contributed by atoms with Gasteiger partial charge in [0.25, 0.3) is 0 Å². The Bertz CT molecular complexity index is 385. The van der Waals surface area contributed by atoms with E-state index in [1.165, 1.54) is 19.1 Å². The molecule has 0 aliphatic heterocycles. The molecule has 2 amide bonds. The van der Waals surface area contributed by atoms with Crippen LogP contribution in [0, 0.1) is 0 Å². The summed E-state index contributed by atoms with van der Waals surface area (Å²) in [5.41, 5.74) is 0.733. The number of imide groups is 1. The molecule has 1 aromatic carbocycles. The van der Waals surface area contributed by atoms with Gasteiger partial charge in [0.05, 0.1) is 0 Å². The summed E-state index contributed by atoms with van der Waals surface area (Å²) < 4.78 is 4.93. The molecule has 0 fully saturated rings. The molecule has 16 heavy (non-hydrogen) atoms. The van der Waals surface area contributed by atoms with Crippen molar-refractivity contribution in [2.75, 3.05) is 0 Å². The molecule has 86 valence electrons. The first kappa shape index (κ1) is 12.0.